The van der Waals surface area contributed by atoms with Gasteiger partial charge in [-0.1, -0.05) is 26.7 Å². The highest BCUT2D eigenvalue weighted by Gasteiger charge is 2.52. The van der Waals surface area contributed by atoms with E-state index in [1.54, 1.807) is 0 Å². The summed E-state index contributed by atoms with van der Waals surface area (Å²) in [6.07, 6.45) is -12.9. The molecule has 0 aromatic rings. The van der Waals surface area contributed by atoms with Gasteiger partial charge in [-0.05, 0) is 18.8 Å². The highest BCUT2D eigenvalue weighted by atomic mass is 32.3. The van der Waals surface area contributed by atoms with Crippen LogP contribution in [0.1, 0.15) is 39.5 Å². The van der Waals surface area contributed by atoms with Gasteiger partial charge in [-0.15, -0.1) is 0 Å². The second-order valence-corrected chi connectivity index (χ2v) is 9.83. The summed E-state index contributed by atoms with van der Waals surface area (Å²) in [5.41, 5.74) is 0. The third-order valence-corrected chi connectivity index (χ3v) is 6.52. The summed E-state index contributed by atoms with van der Waals surface area (Å²) in [6, 6.07) is 0. The molecule has 2 aliphatic heterocycles. The van der Waals surface area contributed by atoms with Crippen molar-refractivity contribution in [1.82, 2.24) is 0 Å². The number of aliphatic hydroxyl groups is 6. The van der Waals surface area contributed by atoms with Crippen LogP contribution in [0, 0.1) is 5.92 Å². The average molecular weight is 535 g/mol. The molecule has 0 saturated carbocycles. The van der Waals surface area contributed by atoms with Gasteiger partial charge >= 0.3 is 10.4 Å². The molecule has 2 fully saturated rings. The van der Waals surface area contributed by atoms with E-state index in [0.29, 0.717) is 0 Å². The van der Waals surface area contributed by atoms with Crippen LogP contribution in [0.4, 0.5) is 0 Å². The summed E-state index contributed by atoms with van der Waals surface area (Å²) >= 11 is 0. The van der Waals surface area contributed by atoms with Crippen LogP contribution in [0.2, 0.25) is 0 Å². The Labute approximate surface area is 204 Å². The normalized spacial score (nSPS) is 38.7. The molecule has 208 valence electrons. The molecule has 2 saturated heterocycles. The maximum Gasteiger partial charge on any atom is 0.397 e. The second-order valence-electron chi connectivity index (χ2n) is 8.78. The summed E-state index contributed by atoms with van der Waals surface area (Å²) in [4.78, 5) is 0. The standard InChI is InChI=1S/C20H38O14S/c1-3-5-10(6-4-2)9-30-19-15(25)14(24)17(12(8-22)32-19)33-20-16(26)18(34-35(27,28)29)13(23)11(7-21)31-20/h10-26H,3-9H2,1-2H3,(H,27,28,29)/t11-,12-,13+,14-,15-,16-,17-,18+,19-,20+/m1/s1. The Hall–Kier alpha value is -0.530. The van der Waals surface area contributed by atoms with Crippen molar-refractivity contribution in [1.29, 1.82) is 0 Å². The minimum atomic E-state index is -5.13. The molecule has 15 heteroatoms. The predicted molar refractivity (Wildman–Crippen MR) is 116 cm³/mol. The minimum Gasteiger partial charge on any atom is -0.394 e. The second kappa shape index (κ2) is 13.9. The molecule has 0 aromatic heterocycles. The Morgan fingerprint density at radius 3 is 1.89 bits per heavy atom. The summed E-state index contributed by atoms with van der Waals surface area (Å²) in [6.45, 7) is 2.80. The van der Waals surface area contributed by atoms with Crippen molar-refractivity contribution in [3.05, 3.63) is 0 Å². The molecular weight excluding hydrogens is 496 g/mol. The number of hydrogen-bond acceptors (Lipinski definition) is 13. The lowest BCUT2D eigenvalue weighted by Crippen LogP contribution is -2.65. The lowest BCUT2D eigenvalue weighted by Gasteiger charge is -2.46. The van der Waals surface area contributed by atoms with Crippen LogP contribution in [0.15, 0.2) is 0 Å². The third-order valence-electron chi connectivity index (χ3n) is 6.06. The number of hydrogen-bond donors (Lipinski definition) is 7. The fourth-order valence-corrected chi connectivity index (χ4v) is 4.80. The van der Waals surface area contributed by atoms with Crippen LogP contribution >= 0.6 is 0 Å². The molecule has 2 aliphatic rings. The molecule has 0 bridgehead atoms. The minimum absolute atomic E-state index is 0.215. The highest BCUT2D eigenvalue weighted by molar-refractivity contribution is 7.80. The summed E-state index contributed by atoms with van der Waals surface area (Å²) in [7, 11) is -5.13. The Balaban J connectivity index is 2.12. The van der Waals surface area contributed by atoms with Crippen molar-refractivity contribution >= 4 is 10.4 Å². The van der Waals surface area contributed by atoms with Crippen LogP contribution in [-0.4, -0.2) is 125 Å². The Bertz CT molecular complexity index is 715. The molecule has 0 aromatic carbocycles. The molecule has 2 rings (SSSR count). The van der Waals surface area contributed by atoms with E-state index >= 15 is 0 Å². The van der Waals surface area contributed by atoms with E-state index in [-0.39, 0.29) is 12.5 Å². The van der Waals surface area contributed by atoms with E-state index in [1.165, 1.54) is 0 Å². The van der Waals surface area contributed by atoms with Gasteiger partial charge in [0, 0.05) is 0 Å². The molecule has 14 nitrogen and oxygen atoms in total. The van der Waals surface area contributed by atoms with Crippen molar-refractivity contribution in [2.24, 2.45) is 5.92 Å². The first-order valence-electron chi connectivity index (χ1n) is 11.6. The van der Waals surface area contributed by atoms with Gasteiger partial charge in [-0.2, -0.15) is 8.42 Å². The van der Waals surface area contributed by atoms with Gasteiger partial charge in [-0.25, -0.2) is 4.18 Å². The Morgan fingerprint density at radius 1 is 0.800 bits per heavy atom. The van der Waals surface area contributed by atoms with E-state index in [4.69, 9.17) is 23.5 Å². The van der Waals surface area contributed by atoms with Gasteiger partial charge < -0.3 is 49.6 Å². The average Bonchev–Trinajstić information content (AvgIpc) is 2.80. The van der Waals surface area contributed by atoms with Crippen LogP contribution in [0.3, 0.4) is 0 Å². The van der Waals surface area contributed by atoms with Crippen molar-refractivity contribution in [2.75, 3.05) is 19.8 Å². The summed E-state index contributed by atoms with van der Waals surface area (Å²) in [5.74, 6) is 0.215. The van der Waals surface area contributed by atoms with Gasteiger partial charge in [0.25, 0.3) is 0 Å². The highest BCUT2D eigenvalue weighted by Crippen LogP contribution is 2.31. The first-order chi connectivity index (χ1) is 16.5. The van der Waals surface area contributed by atoms with Gasteiger partial charge in [-0.3, -0.25) is 4.55 Å². The van der Waals surface area contributed by atoms with Crippen molar-refractivity contribution in [3.63, 3.8) is 0 Å². The van der Waals surface area contributed by atoms with Gasteiger partial charge in [0.15, 0.2) is 12.6 Å². The first-order valence-corrected chi connectivity index (χ1v) is 13.0. The fourth-order valence-electron chi connectivity index (χ4n) is 4.29. The smallest absolute Gasteiger partial charge is 0.394 e. The topological polar surface area (TPSA) is 222 Å². The van der Waals surface area contributed by atoms with Crippen molar-refractivity contribution in [3.8, 4) is 0 Å². The molecule has 10 atom stereocenters. The SMILES string of the molecule is CCCC(CCC)CO[C@@H]1O[C@H](CO)[C@@H](O[C@@H]2O[C@H](CO)[C@H](O)[C@H](OS(=O)(=O)O)[C@H]2O)[C@H](O)[C@H]1O. The third kappa shape index (κ3) is 8.23. The molecule has 0 unspecified atom stereocenters. The summed E-state index contributed by atoms with van der Waals surface area (Å²) < 4.78 is 57.6. The molecule has 2 heterocycles. The van der Waals surface area contributed by atoms with Crippen LogP contribution in [-0.2, 0) is 33.5 Å². The molecule has 0 aliphatic carbocycles. The lowest BCUT2D eigenvalue weighted by atomic mass is 9.96. The quantitative estimate of drug-likeness (QED) is 0.123. The van der Waals surface area contributed by atoms with Gasteiger partial charge in [0.1, 0.15) is 48.8 Å². The van der Waals surface area contributed by atoms with Crippen molar-refractivity contribution in [2.45, 2.75) is 101 Å². The zero-order valence-electron chi connectivity index (χ0n) is 19.7. The number of ether oxygens (including phenoxy) is 4. The van der Waals surface area contributed by atoms with Crippen LogP contribution < -0.4 is 0 Å². The molecule has 0 amide bonds. The summed E-state index contributed by atoms with van der Waals surface area (Å²) in [5, 5.41) is 61.0. The fraction of sp³-hybridized carbons (Fsp3) is 1.00. The molecule has 35 heavy (non-hydrogen) atoms. The number of aliphatic hydroxyl groups excluding tert-OH is 6. The van der Waals surface area contributed by atoms with Gasteiger partial charge in [0.05, 0.1) is 19.8 Å². The van der Waals surface area contributed by atoms with E-state index in [9.17, 15) is 39.1 Å². The molecule has 0 spiro atoms. The van der Waals surface area contributed by atoms with E-state index in [1.807, 2.05) is 13.8 Å². The number of rotatable bonds is 13. The zero-order valence-corrected chi connectivity index (χ0v) is 20.5. The van der Waals surface area contributed by atoms with E-state index in [2.05, 4.69) is 4.18 Å². The predicted octanol–water partition coefficient (Wildman–Crippen LogP) is -2.33. The largest absolute Gasteiger partial charge is 0.397 e. The van der Waals surface area contributed by atoms with Crippen LogP contribution in [0.25, 0.3) is 0 Å². The Kier molecular flexibility index (Phi) is 12.1. The van der Waals surface area contributed by atoms with Gasteiger partial charge in [0.2, 0.25) is 0 Å². The molecular formula is C20H38O14S. The zero-order chi connectivity index (χ0) is 26.3. The van der Waals surface area contributed by atoms with E-state index < -0.39 is 85.0 Å². The molecule has 7 N–H and O–H groups in total. The maximum absolute atomic E-state index is 11.1. The van der Waals surface area contributed by atoms with E-state index in [0.717, 1.165) is 25.7 Å². The lowest BCUT2D eigenvalue weighted by molar-refractivity contribution is -0.358. The maximum atomic E-state index is 11.1. The molecule has 0 radical (unpaired) electrons. The van der Waals surface area contributed by atoms with Crippen molar-refractivity contribution < 1.29 is 66.7 Å². The van der Waals surface area contributed by atoms with Crippen LogP contribution in [0.5, 0.6) is 0 Å². The Morgan fingerprint density at radius 2 is 1.37 bits per heavy atom. The monoisotopic (exact) mass is 534 g/mol. The first kappa shape index (κ1) is 30.7.